The van der Waals surface area contributed by atoms with E-state index in [2.05, 4.69) is 0 Å². The summed E-state index contributed by atoms with van der Waals surface area (Å²) in [6.07, 6.45) is 0.886. The van der Waals surface area contributed by atoms with Crippen molar-refractivity contribution in [2.24, 2.45) is 0 Å². The zero-order valence-electron chi connectivity index (χ0n) is 10.2. The maximum Gasteiger partial charge on any atom is 0.166 e. The summed E-state index contributed by atoms with van der Waals surface area (Å²) in [7, 11) is 0. The molecule has 19 heavy (non-hydrogen) atoms. The fourth-order valence-electron chi connectivity index (χ4n) is 2.29. The molecule has 0 saturated heterocycles. The van der Waals surface area contributed by atoms with Crippen LogP contribution in [0.15, 0.2) is 54.6 Å². The molecule has 0 aliphatic carbocycles. The van der Waals surface area contributed by atoms with Gasteiger partial charge in [0, 0.05) is 17.0 Å². The average Bonchev–Trinajstić information content (AvgIpc) is 2.78. The predicted octanol–water partition coefficient (Wildman–Crippen LogP) is 4.16. The van der Waals surface area contributed by atoms with Gasteiger partial charge in [-0.15, -0.1) is 0 Å². The van der Waals surface area contributed by atoms with Crippen LogP contribution in [0.2, 0.25) is 5.02 Å². The second-order valence-corrected chi connectivity index (χ2v) is 4.90. The van der Waals surface area contributed by atoms with E-state index in [9.17, 15) is 4.79 Å². The third-order valence-corrected chi connectivity index (χ3v) is 3.44. The summed E-state index contributed by atoms with van der Waals surface area (Å²) in [6.45, 7) is 0.665. The number of halogens is 1. The first kappa shape index (κ1) is 12.0. The molecule has 0 spiro atoms. The van der Waals surface area contributed by atoms with Gasteiger partial charge < -0.3 is 4.57 Å². The number of hydrogen-bond acceptors (Lipinski definition) is 1. The molecule has 0 fully saturated rings. The highest BCUT2D eigenvalue weighted by Crippen LogP contribution is 2.24. The van der Waals surface area contributed by atoms with Gasteiger partial charge in [0.1, 0.15) is 0 Å². The molecule has 0 amide bonds. The summed E-state index contributed by atoms with van der Waals surface area (Å²) in [5, 5.41) is 1.71. The summed E-state index contributed by atoms with van der Waals surface area (Å²) < 4.78 is 1.99. The number of carbonyl (C=O) groups is 1. The number of hydrogen-bond donors (Lipinski definition) is 0. The van der Waals surface area contributed by atoms with Crippen molar-refractivity contribution in [1.29, 1.82) is 0 Å². The molecule has 0 unspecified atom stereocenters. The maximum atomic E-state index is 11.2. The summed E-state index contributed by atoms with van der Waals surface area (Å²) in [6, 6.07) is 17.6. The molecule has 3 rings (SSSR count). The second-order valence-electron chi connectivity index (χ2n) is 4.46. The van der Waals surface area contributed by atoms with Crippen LogP contribution in [0.4, 0.5) is 0 Å². The van der Waals surface area contributed by atoms with Crippen molar-refractivity contribution in [2.75, 3.05) is 0 Å². The monoisotopic (exact) mass is 269 g/mol. The SMILES string of the molecule is O=Cc1cc2ccc(Cl)cc2n1Cc1ccccc1. The van der Waals surface area contributed by atoms with Gasteiger partial charge in [0.15, 0.2) is 6.29 Å². The summed E-state index contributed by atoms with van der Waals surface area (Å²) >= 11 is 6.04. The minimum absolute atomic E-state index is 0.665. The Morgan fingerprint density at radius 2 is 1.84 bits per heavy atom. The molecule has 3 heteroatoms. The van der Waals surface area contributed by atoms with Crippen LogP contribution in [0, 0.1) is 0 Å². The highest BCUT2D eigenvalue weighted by molar-refractivity contribution is 6.31. The summed E-state index contributed by atoms with van der Waals surface area (Å²) in [5.74, 6) is 0. The molecule has 2 aromatic carbocycles. The molecule has 0 aliphatic rings. The topological polar surface area (TPSA) is 22.0 Å². The van der Waals surface area contributed by atoms with Gasteiger partial charge in [0.05, 0.1) is 11.2 Å². The van der Waals surface area contributed by atoms with Crippen molar-refractivity contribution < 1.29 is 4.79 Å². The van der Waals surface area contributed by atoms with E-state index in [1.807, 2.05) is 59.2 Å². The van der Waals surface area contributed by atoms with Gasteiger partial charge in [-0.1, -0.05) is 48.0 Å². The van der Waals surface area contributed by atoms with E-state index < -0.39 is 0 Å². The van der Waals surface area contributed by atoms with E-state index >= 15 is 0 Å². The number of rotatable bonds is 3. The third-order valence-electron chi connectivity index (χ3n) is 3.20. The lowest BCUT2D eigenvalue weighted by atomic mass is 10.2. The Bertz CT molecular complexity index is 731. The van der Waals surface area contributed by atoms with Gasteiger partial charge in [0.2, 0.25) is 0 Å². The largest absolute Gasteiger partial charge is 0.334 e. The standard InChI is InChI=1S/C16H12ClNO/c17-14-7-6-13-8-15(11-19)18(16(13)9-14)10-12-4-2-1-3-5-12/h1-9,11H,10H2. The zero-order valence-corrected chi connectivity index (χ0v) is 11.0. The van der Waals surface area contributed by atoms with Crippen LogP contribution in [0.1, 0.15) is 16.1 Å². The molecule has 1 aromatic heterocycles. The Balaban J connectivity index is 2.15. The number of aromatic nitrogens is 1. The maximum absolute atomic E-state index is 11.2. The Labute approximate surface area is 116 Å². The molecule has 0 radical (unpaired) electrons. The first-order valence-corrected chi connectivity index (χ1v) is 6.43. The van der Waals surface area contributed by atoms with Gasteiger partial charge in [-0.2, -0.15) is 0 Å². The Kier molecular flexibility index (Phi) is 3.10. The molecule has 0 bridgehead atoms. The Morgan fingerprint density at radius 1 is 1.05 bits per heavy atom. The van der Waals surface area contributed by atoms with Crippen LogP contribution in [0.5, 0.6) is 0 Å². The highest BCUT2D eigenvalue weighted by atomic mass is 35.5. The number of carbonyl (C=O) groups excluding carboxylic acids is 1. The lowest BCUT2D eigenvalue weighted by molar-refractivity contribution is 0.111. The fraction of sp³-hybridized carbons (Fsp3) is 0.0625. The minimum Gasteiger partial charge on any atom is -0.334 e. The van der Waals surface area contributed by atoms with E-state index in [-0.39, 0.29) is 0 Å². The second kappa shape index (κ2) is 4.90. The smallest absolute Gasteiger partial charge is 0.166 e. The first-order chi connectivity index (χ1) is 9.28. The zero-order chi connectivity index (χ0) is 13.2. The summed E-state index contributed by atoms with van der Waals surface area (Å²) in [4.78, 5) is 11.2. The molecular formula is C16H12ClNO. The lowest BCUT2D eigenvalue weighted by Gasteiger charge is -2.08. The molecule has 3 aromatic rings. The number of benzene rings is 2. The highest BCUT2D eigenvalue weighted by Gasteiger charge is 2.09. The Hall–Kier alpha value is -2.06. The van der Waals surface area contributed by atoms with Crippen LogP contribution < -0.4 is 0 Å². The van der Waals surface area contributed by atoms with Crippen molar-refractivity contribution in [1.82, 2.24) is 4.57 Å². The molecule has 0 aliphatic heterocycles. The van der Waals surface area contributed by atoms with Crippen LogP contribution in [0.3, 0.4) is 0 Å². The van der Waals surface area contributed by atoms with Crippen molar-refractivity contribution in [3.63, 3.8) is 0 Å². The third kappa shape index (κ3) is 2.27. The molecule has 94 valence electrons. The molecule has 0 atom stereocenters. The van der Waals surface area contributed by atoms with Gasteiger partial charge in [-0.3, -0.25) is 4.79 Å². The van der Waals surface area contributed by atoms with E-state index in [1.165, 1.54) is 0 Å². The van der Waals surface area contributed by atoms with Crippen molar-refractivity contribution in [3.05, 3.63) is 70.9 Å². The number of aldehydes is 1. The fourth-order valence-corrected chi connectivity index (χ4v) is 2.46. The van der Waals surface area contributed by atoms with Crippen LogP contribution in [0.25, 0.3) is 10.9 Å². The van der Waals surface area contributed by atoms with Crippen LogP contribution in [-0.4, -0.2) is 10.9 Å². The van der Waals surface area contributed by atoms with Gasteiger partial charge >= 0.3 is 0 Å². The lowest BCUT2D eigenvalue weighted by Crippen LogP contribution is -2.03. The minimum atomic E-state index is 0.665. The quantitative estimate of drug-likeness (QED) is 0.655. The van der Waals surface area contributed by atoms with Gasteiger partial charge in [-0.25, -0.2) is 0 Å². The average molecular weight is 270 g/mol. The van der Waals surface area contributed by atoms with E-state index in [0.29, 0.717) is 17.3 Å². The van der Waals surface area contributed by atoms with Crippen LogP contribution in [-0.2, 0) is 6.54 Å². The number of nitrogens with zero attached hydrogens (tertiary/aromatic N) is 1. The first-order valence-electron chi connectivity index (χ1n) is 6.06. The van der Waals surface area contributed by atoms with E-state index in [0.717, 1.165) is 22.8 Å². The Morgan fingerprint density at radius 3 is 2.58 bits per heavy atom. The van der Waals surface area contributed by atoms with Crippen molar-refractivity contribution in [3.8, 4) is 0 Å². The van der Waals surface area contributed by atoms with Gasteiger partial charge in [-0.05, 0) is 23.8 Å². The summed E-state index contributed by atoms with van der Waals surface area (Å²) in [5.41, 5.74) is 2.81. The molecule has 0 N–H and O–H groups in total. The normalized spacial score (nSPS) is 10.8. The van der Waals surface area contributed by atoms with Gasteiger partial charge in [0.25, 0.3) is 0 Å². The number of fused-ring (bicyclic) bond motifs is 1. The predicted molar refractivity (Wildman–Crippen MR) is 77.9 cm³/mol. The van der Waals surface area contributed by atoms with Crippen molar-refractivity contribution >= 4 is 28.8 Å². The van der Waals surface area contributed by atoms with Crippen LogP contribution >= 0.6 is 11.6 Å². The van der Waals surface area contributed by atoms with E-state index in [1.54, 1.807) is 0 Å². The molecule has 1 heterocycles. The molecule has 2 nitrogen and oxygen atoms in total. The molecular weight excluding hydrogens is 258 g/mol. The molecule has 0 saturated carbocycles. The van der Waals surface area contributed by atoms with E-state index in [4.69, 9.17) is 11.6 Å². The van der Waals surface area contributed by atoms with Crippen molar-refractivity contribution in [2.45, 2.75) is 6.54 Å².